The molecular weight excluding hydrogens is 306 g/mol. The lowest BCUT2D eigenvalue weighted by Crippen LogP contribution is -2.11. The first-order valence-corrected chi connectivity index (χ1v) is 7.34. The molecule has 4 aromatic rings. The van der Waals surface area contributed by atoms with Crippen molar-refractivity contribution in [3.05, 3.63) is 60.0 Å². The van der Waals surface area contributed by atoms with Crippen LogP contribution in [0.4, 0.5) is 5.69 Å². The average Bonchev–Trinajstić information content (AvgIpc) is 3.23. The number of aryl methyl sites for hydroxylation is 1. The highest BCUT2D eigenvalue weighted by molar-refractivity contribution is 6.05. The third kappa shape index (κ3) is 2.63. The molecule has 4 rings (SSSR count). The number of carbonyl (C=O) groups excluding carboxylic acids is 1. The zero-order chi connectivity index (χ0) is 16.5. The third-order valence-electron chi connectivity index (χ3n) is 3.62. The normalized spacial score (nSPS) is 10.9. The molecule has 118 valence electrons. The Balaban J connectivity index is 1.53. The minimum Gasteiger partial charge on any atom is -0.334 e. The topological polar surface area (TPSA) is 96.7 Å². The molecule has 7 nitrogen and oxygen atoms in total. The van der Waals surface area contributed by atoms with Crippen LogP contribution in [0, 0.1) is 6.92 Å². The van der Waals surface area contributed by atoms with Gasteiger partial charge in [0.05, 0.1) is 11.7 Å². The smallest absolute Gasteiger partial charge is 0.257 e. The Labute approximate surface area is 136 Å². The Morgan fingerprint density at radius 3 is 2.75 bits per heavy atom. The fraction of sp³-hybridized carbons (Fsp3) is 0.0588. The van der Waals surface area contributed by atoms with Crippen molar-refractivity contribution in [1.29, 1.82) is 0 Å². The van der Waals surface area contributed by atoms with Crippen molar-refractivity contribution in [2.75, 3.05) is 5.32 Å². The van der Waals surface area contributed by atoms with Crippen molar-refractivity contribution in [1.82, 2.24) is 20.3 Å². The third-order valence-corrected chi connectivity index (χ3v) is 3.62. The quantitative estimate of drug-likeness (QED) is 0.604. The number of aromatic nitrogens is 4. The molecule has 2 heterocycles. The summed E-state index contributed by atoms with van der Waals surface area (Å²) in [6.07, 6.45) is 1.71. The van der Waals surface area contributed by atoms with E-state index in [9.17, 15) is 4.79 Å². The van der Waals surface area contributed by atoms with E-state index in [-0.39, 0.29) is 5.91 Å². The highest BCUT2D eigenvalue weighted by Crippen LogP contribution is 2.20. The van der Waals surface area contributed by atoms with Crippen LogP contribution in [0.15, 0.2) is 53.2 Å². The second-order valence-corrected chi connectivity index (χ2v) is 5.35. The highest BCUT2D eigenvalue weighted by Gasteiger charge is 2.10. The minimum atomic E-state index is -0.189. The van der Waals surface area contributed by atoms with Crippen molar-refractivity contribution in [2.45, 2.75) is 6.92 Å². The molecule has 24 heavy (non-hydrogen) atoms. The Bertz CT molecular complexity index is 1020. The number of nitrogens with one attached hydrogen (secondary N) is 2. The van der Waals surface area contributed by atoms with Crippen LogP contribution in [-0.2, 0) is 0 Å². The fourth-order valence-corrected chi connectivity index (χ4v) is 2.40. The molecule has 0 radical (unpaired) electrons. The van der Waals surface area contributed by atoms with Gasteiger partial charge in [0.1, 0.15) is 0 Å². The van der Waals surface area contributed by atoms with E-state index in [2.05, 4.69) is 25.7 Å². The van der Waals surface area contributed by atoms with Crippen LogP contribution in [0.2, 0.25) is 0 Å². The maximum Gasteiger partial charge on any atom is 0.257 e. The number of amides is 1. The monoisotopic (exact) mass is 319 g/mol. The molecule has 0 fully saturated rings. The van der Waals surface area contributed by atoms with Gasteiger partial charge in [0.25, 0.3) is 11.8 Å². The van der Waals surface area contributed by atoms with Gasteiger partial charge in [-0.15, -0.1) is 0 Å². The van der Waals surface area contributed by atoms with E-state index >= 15 is 0 Å². The van der Waals surface area contributed by atoms with Gasteiger partial charge in [-0.3, -0.25) is 9.89 Å². The number of fused-ring (bicyclic) bond motifs is 1. The molecule has 0 unspecified atom stereocenters. The van der Waals surface area contributed by atoms with Crippen LogP contribution in [0.1, 0.15) is 16.2 Å². The van der Waals surface area contributed by atoms with E-state index in [0.29, 0.717) is 23.0 Å². The summed E-state index contributed by atoms with van der Waals surface area (Å²) < 4.78 is 5.11. The van der Waals surface area contributed by atoms with Gasteiger partial charge in [0.15, 0.2) is 5.82 Å². The van der Waals surface area contributed by atoms with Gasteiger partial charge in [-0.2, -0.15) is 10.1 Å². The molecular formula is C17H13N5O2. The molecule has 0 aliphatic heterocycles. The summed E-state index contributed by atoms with van der Waals surface area (Å²) in [5.41, 5.74) is 2.95. The average molecular weight is 319 g/mol. The van der Waals surface area contributed by atoms with Crippen LogP contribution in [0.25, 0.3) is 22.4 Å². The van der Waals surface area contributed by atoms with E-state index in [1.54, 1.807) is 37.4 Å². The molecule has 1 amide bonds. The lowest BCUT2D eigenvalue weighted by Gasteiger charge is -2.05. The molecule has 2 N–H and O–H groups in total. The molecule has 0 bridgehead atoms. The van der Waals surface area contributed by atoms with Crippen molar-refractivity contribution in [3.8, 4) is 11.5 Å². The minimum absolute atomic E-state index is 0.189. The Morgan fingerprint density at radius 1 is 1.17 bits per heavy atom. The number of H-pyrrole nitrogens is 1. The number of nitrogens with zero attached hydrogens (tertiary/aromatic N) is 3. The Hall–Kier alpha value is -3.48. The van der Waals surface area contributed by atoms with Gasteiger partial charge in [0.2, 0.25) is 0 Å². The number of benzene rings is 2. The molecule has 0 saturated heterocycles. The molecule has 0 saturated carbocycles. The molecule has 0 spiro atoms. The van der Waals surface area contributed by atoms with Crippen molar-refractivity contribution < 1.29 is 9.32 Å². The molecule has 0 aliphatic rings. The summed E-state index contributed by atoms with van der Waals surface area (Å²) in [6.45, 7) is 1.76. The second kappa shape index (κ2) is 5.62. The first-order valence-electron chi connectivity index (χ1n) is 7.34. The van der Waals surface area contributed by atoms with Gasteiger partial charge in [-0.05, 0) is 49.4 Å². The number of anilines is 1. The van der Waals surface area contributed by atoms with E-state index in [0.717, 1.165) is 16.5 Å². The van der Waals surface area contributed by atoms with Crippen LogP contribution >= 0.6 is 0 Å². The predicted octanol–water partition coefficient (Wildman–Crippen LogP) is 3.17. The summed E-state index contributed by atoms with van der Waals surface area (Å²) in [4.78, 5) is 16.5. The molecule has 0 aliphatic carbocycles. The maximum atomic E-state index is 12.4. The van der Waals surface area contributed by atoms with Crippen LogP contribution in [0.3, 0.4) is 0 Å². The van der Waals surface area contributed by atoms with Crippen molar-refractivity contribution in [2.24, 2.45) is 0 Å². The van der Waals surface area contributed by atoms with Gasteiger partial charge in [-0.25, -0.2) is 0 Å². The zero-order valence-corrected chi connectivity index (χ0v) is 12.8. The van der Waals surface area contributed by atoms with E-state index in [4.69, 9.17) is 4.52 Å². The fourth-order valence-electron chi connectivity index (χ4n) is 2.40. The number of rotatable bonds is 3. The Kier molecular flexibility index (Phi) is 3.31. The largest absolute Gasteiger partial charge is 0.334 e. The number of hydrogen-bond donors (Lipinski definition) is 2. The second-order valence-electron chi connectivity index (χ2n) is 5.35. The number of carbonyl (C=O) groups is 1. The van der Waals surface area contributed by atoms with E-state index in [1.807, 2.05) is 18.2 Å². The van der Waals surface area contributed by atoms with Crippen molar-refractivity contribution >= 4 is 22.5 Å². The van der Waals surface area contributed by atoms with Gasteiger partial charge >= 0.3 is 0 Å². The SMILES string of the molecule is Cc1noc(-c2ccc(C(=O)Nc3ccc4[nH]ncc4c3)cc2)n1. The molecule has 0 atom stereocenters. The van der Waals surface area contributed by atoms with Crippen molar-refractivity contribution in [3.63, 3.8) is 0 Å². The summed E-state index contributed by atoms with van der Waals surface area (Å²) in [7, 11) is 0. The van der Waals surface area contributed by atoms with E-state index < -0.39 is 0 Å². The maximum absolute atomic E-state index is 12.4. The van der Waals surface area contributed by atoms with Gasteiger partial charge in [-0.1, -0.05) is 5.16 Å². The number of aromatic amines is 1. The molecule has 7 heteroatoms. The molecule has 2 aromatic heterocycles. The first-order chi connectivity index (χ1) is 11.7. The van der Waals surface area contributed by atoms with Crippen LogP contribution in [-0.4, -0.2) is 26.2 Å². The molecule has 2 aromatic carbocycles. The summed E-state index contributed by atoms with van der Waals surface area (Å²) in [5, 5.41) is 14.4. The summed E-state index contributed by atoms with van der Waals surface area (Å²) >= 11 is 0. The summed E-state index contributed by atoms with van der Waals surface area (Å²) in [5.74, 6) is 0.817. The standard InChI is InChI=1S/C17H13N5O2/c1-10-19-17(24-22-10)12-4-2-11(3-5-12)16(23)20-14-6-7-15-13(8-14)9-18-21-15/h2-9H,1H3,(H,18,21)(H,20,23). The lowest BCUT2D eigenvalue weighted by atomic mass is 10.1. The predicted molar refractivity (Wildman–Crippen MR) is 88.5 cm³/mol. The van der Waals surface area contributed by atoms with Gasteiger partial charge in [0, 0.05) is 22.2 Å². The summed E-state index contributed by atoms with van der Waals surface area (Å²) in [6, 6.07) is 12.6. The van der Waals surface area contributed by atoms with Crippen LogP contribution < -0.4 is 5.32 Å². The zero-order valence-electron chi connectivity index (χ0n) is 12.8. The van der Waals surface area contributed by atoms with Crippen LogP contribution in [0.5, 0.6) is 0 Å². The van der Waals surface area contributed by atoms with E-state index in [1.165, 1.54) is 0 Å². The first kappa shape index (κ1) is 14.1. The highest BCUT2D eigenvalue weighted by atomic mass is 16.5. The lowest BCUT2D eigenvalue weighted by molar-refractivity contribution is 0.102. The number of hydrogen-bond acceptors (Lipinski definition) is 5. The Morgan fingerprint density at radius 2 is 2.00 bits per heavy atom. The van der Waals surface area contributed by atoms with Gasteiger partial charge < -0.3 is 9.84 Å².